The van der Waals surface area contributed by atoms with Gasteiger partial charge in [0.2, 0.25) is 15.5 Å². The van der Waals surface area contributed by atoms with Gasteiger partial charge in [0.05, 0.1) is 6.33 Å². The van der Waals surface area contributed by atoms with Crippen molar-refractivity contribution in [2.45, 2.75) is 11.3 Å². The molecule has 2 aromatic rings. The van der Waals surface area contributed by atoms with Gasteiger partial charge in [0, 0.05) is 43.3 Å². The molecule has 0 atom stereocenters. The Balaban J connectivity index is 2.04. The van der Waals surface area contributed by atoms with Crippen LogP contribution in [-0.4, -0.2) is 29.9 Å². The zero-order chi connectivity index (χ0) is 13.0. The maximum atomic E-state index is 11.8. The molecule has 96 valence electrons. The summed E-state index contributed by atoms with van der Waals surface area (Å²) in [5, 5.41) is 0. The molecule has 0 saturated heterocycles. The molecule has 0 aliphatic heterocycles. The van der Waals surface area contributed by atoms with E-state index in [-0.39, 0.29) is 11.4 Å². The third-order valence-electron chi connectivity index (χ3n) is 2.32. The van der Waals surface area contributed by atoms with E-state index >= 15 is 0 Å². The van der Waals surface area contributed by atoms with Crippen molar-refractivity contribution in [3.05, 3.63) is 46.9 Å². The van der Waals surface area contributed by atoms with E-state index in [1.54, 1.807) is 6.20 Å². The van der Waals surface area contributed by atoms with E-state index in [2.05, 4.69) is 19.7 Å². The van der Waals surface area contributed by atoms with Gasteiger partial charge in [-0.3, -0.25) is 4.79 Å². The van der Waals surface area contributed by atoms with E-state index < -0.39 is 15.5 Å². The molecule has 3 N–H and O–H groups in total. The van der Waals surface area contributed by atoms with Crippen molar-refractivity contribution in [1.82, 2.24) is 19.7 Å². The number of H-pyrrole nitrogens is 2. The lowest BCUT2D eigenvalue weighted by atomic mass is 10.3. The number of imidazole rings is 1. The Morgan fingerprint density at radius 3 is 2.89 bits per heavy atom. The fourth-order valence-electron chi connectivity index (χ4n) is 1.43. The van der Waals surface area contributed by atoms with E-state index in [4.69, 9.17) is 0 Å². The first-order chi connectivity index (χ1) is 8.59. The average Bonchev–Trinajstić information content (AvgIpc) is 2.82. The largest absolute Gasteiger partial charge is 0.366 e. The molecule has 0 unspecified atom stereocenters. The smallest absolute Gasteiger partial charge is 0.245 e. The monoisotopic (exact) mass is 268 g/mol. The van der Waals surface area contributed by atoms with Crippen LogP contribution in [0.2, 0.25) is 0 Å². The molecule has 0 saturated carbocycles. The van der Waals surface area contributed by atoms with Gasteiger partial charge in [-0.15, -0.1) is 0 Å². The van der Waals surface area contributed by atoms with Gasteiger partial charge in [0.25, 0.3) is 0 Å². The third-order valence-corrected chi connectivity index (χ3v) is 3.80. The van der Waals surface area contributed by atoms with Crippen LogP contribution in [0.4, 0.5) is 0 Å². The van der Waals surface area contributed by atoms with Crippen molar-refractivity contribution in [3.63, 3.8) is 0 Å². The summed E-state index contributed by atoms with van der Waals surface area (Å²) < 4.78 is 26.0. The first-order valence-corrected chi connectivity index (χ1v) is 6.72. The molecule has 0 amide bonds. The molecule has 0 aliphatic rings. The molecule has 0 aliphatic carbocycles. The third kappa shape index (κ3) is 2.84. The Labute approximate surface area is 103 Å². The first-order valence-electron chi connectivity index (χ1n) is 5.23. The first kappa shape index (κ1) is 12.5. The average molecular weight is 268 g/mol. The van der Waals surface area contributed by atoms with Crippen LogP contribution in [0.1, 0.15) is 5.69 Å². The zero-order valence-corrected chi connectivity index (χ0v) is 10.2. The lowest BCUT2D eigenvalue weighted by Gasteiger charge is -2.04. The summed E-state index contributed by atoms with van der Waals surface area (Å²) in [5.41, 5.74) is 0.280. The van der Waals surface area contributed by atoms with Crippen LogP contribution < -0.4 is 10.2 Å². The van der Waals surface area contributed by atoms with E-state index in [0.717, 1.165) is 5.69 Å². The lowest BCUT2D eigenvalue weighted by molar-refractivity contribution is 0.580. The van der Waals surface area contributed by atoms with Crippen molar-refractivity contribution in [2.75, 3.05) is 6.54 Å². The number of nitrogens with zero attached hydrogens (tertiary/aromatic N) is 1. The van der Waals surface area contributed by atoms with Gasteiger partial charge in [0.1, 0.15) is 4.90 Å². The second kappa shape index (κ2) is 5.15. The molecule has 7 nitrogen and oxygen atoms in total. The molecule has 18 heavy (non-hydrogen) atoms. The molecule has 0 spiro atoms. The molecule has 0 aromatic carbocycles. The SMILES string of the molecule is O=c1cc[nH]cc1S(=O)(=O)NCCc1cnc[nH]1. The van der Waals surface area contributed by atoms with Crippen LogP contribution in [0.25, 0.3) is 0 Å². The van der Waals surface area contributed by atoms with Crippen LogP contribution in [0.15, 0.2) is 40.7 Å². The summed E-state index contributed by atoms with van der Waals surface area (Å²) in [4.78, 5) is 20.4. The van der Waals surface area contributed by atoms with Gasteiger partial charge < -0.3 is 9.97 Å². The molecule has 0 radical (unpaired) electrons. The second-order valence-electron chi connectivity index (χ2n) is 3.60. The summed E-state index contributed by atoms with van der Waals surface area (Å²) in [6.45, 7) is 0.193. The molecule has 0 bridgehead atoms. The maximum Gasteiger partial charge on any atom is 0.245 e. The van der Waals surface area contributed by atoms with Crippen LogP contribution >= 0.6 is 0 Å². The number of sulfonamides is 1. The lowest BCUT2D eigenvalue weighted by Crippen LogP contribution is -2.30. The highest BCUT2D eigenvalue weighted by atomic mass is 32.2. The van der Waals surface area contributed by atoms with E-state index in [0.29, 0.717) is 6.42 Å². The molecule has 2 heterocycles. The van der Waals surface area contributed by atoms with Crippen LogP contribution in [0, 0.1) is 0 Å². The van der Waals surface area contributed by atoms with Crippen LogP contribution in [0.5, 0.6) is 0 Å². The fourth-order valence-corrected chi connectivity index (χ4v) is 2.51. The standard InChI is InChI=1S/C10H12N4O3S/c15-9-2-3-11-6-10(9)18(16,17)14-4-1-8-5-12-7-13-8/h2-3,5-7,14H,1,4H2,(H,11,15)(H,12,13). The van der Waals surface area contributed by atoms with E-state index in [1.807, 2.05) is 0 Å². The predicted octanol–water partition coefficient (Wildman–Crippen LogP) is -0.381. The minimum atomic E-state index is -3.77. The highest BCUT2D eigenvalue weighted by Crippen LogP contribution is 2.00. The molecular weight excluding hydrogens is 256 g/mol. The summed E-state index contributed by atoms with van der Waals surface area (Å²) in [6, 6.07) is 1.17. The molecule has 8 heteroatoms. The van der Waals surface area contributed by atoms with E-state index in [1.165, 1.54) is 24.8 Å². The Morgan fingerprint density at radius 2 is 2.22 bits per heavy atom. The fraction of sp³-hybridized carbons (Fsp3) is 0.200. The van der Waals surface area contributed by atoms with Gasteiger partial charge in [-0.25, -0.2) is 18.1 Å². The number of rotatable bonds is 5. The van der Waals surface area contributed by atoms with Crippen molar-refractivity contribution in [1.29, 1.82) is 0 Å². The van der Waals surface area contributed by atoms with Gasteiger partial charge in [-0.1, -0.05) is 0 Å². The predicted molar refractivity (Wildman–Crippen MR) is 64.5 cm³/mol. The number of nitrogens with one attached hydrogen (secondary N) is 3. The molecule has 2 rings (SSSR count). The minimum Gasteiger partial charge on any atom is -0.366 e. The Kier molecular flexibility index (Phi) is 3.58. The van der Waals surface area contributed by atoms with Crippen molar-refractivity contribution < 1.29 is 8.42 Å². The summed E-state index contributed by atoms with van der Waals surface area (Å²) in [6.07, 6.45) is 6.16. The van der Waals surface area contributed by atoms with Gasteiger partial charge >= 0.3 is 0 Å². The zero-order valence-electron chi connectivity index (χ0n) is 9.38. The topological polar surface area (TPSA) is 108 Å². The molecule has 2 aromatic heterocycles. The highest BCUT2D eigenvalue weighted by molar-refractivity contribution is 7.89. The Morgan fingerprint density at radius 1 is 1.39 bits per heavy atom. The van der Waals surface area contributed by atoms with Gasteiger partial charge in [-0.2, -0.15) is 0 Å². The quantitative estimate of drug-likeness (QED) is 0.686. The van der Waals surface area contributed by atoms with Crippen molar-refractivity contribution in [2.24, 2.45) is 0 Å². The highest BCUT2D eigenvalue weighted by Gasteiger charge is 2.16. The summed E-state index contributed by atoms with van der Waals surface area (Å²) in [7, 11) is -3.77. The number of hydrogen-bond donors (Lipinski definition) is 3. The van der Waals surface area contributed by atoms with Crippen molar-refractivity contribution >= 4 is 10.0 Å². The van der Waals surface area contributed by atoms with Gasteiger partial charge in [0.15, 0.2) is 0 Å². The second-order valence-corrected chi connectivity index (χ2v) is 5.33. The van der Waals surface area contributed by atoms with Gasteiger partial charge in [-0.05, 0) is 0 Å². The summed E-state index contributed by atoms with van der Waals surface area (Å²) >= 11 is 0. The summed E-state index contributed by atoms with van der Waals surface area (Å²) in [5.74, 6) is 0. The Hall–Kier alpha value is -1.93. The Bertz CT molecular complexity index is 660. The van der Waals surface area contributed by atoms with Crippen LogP contribution in [-0.2, 0) is 16.4 Å². The normalized spacial score (nSPS) is 11.6. The number of pyridine rings is 1. The minimum absolute atomic E-state index is 0.193. The molecule has 0 fully saturated rings. The maximum absolute atomic E-state index is 11.8. The molecular formula is C10H12N4O3S. The van der Waals surface area contributed by atoms with E-state index in [9.17, 15) is 13.2 Å². The number of hydrogen-bond acceptors (Lipinski definition) is 4. The number of aromatic nitrogens is 3. The van der Waals surface area contributed by atoms with Crippen LogP contribution in [0.3, 0.4) is 0 Å². The van der Waals surface area contributed by atoms with Crippen molar-refractivity contribution in [3.8, 4) is 0 Å². The number of aromatic amines is 2.